The SMILES string of the molecule is Cc1c(NN)ncnc1N1CCC(C)(O)C1. The van der Waals surface area contributed by atoms with Crippen molar-refractivity contribution < 1.29 is 5.11 Å². The molecular weight excluding hydrogens is 206 g/mol. The zero-order valence-corrected chi connectivity index (χ0v) is 9.56. The molecule has 0 saturated carbocycles. The smallest absolute Gasteiger partial charge is 0.148 e. The van der Waals surface area contributed by atoms with Gasteiger partial charge < -0.3 is 15.4 Å². The molecule has 1 saturated heterocycles. The molecular formula is C10H17N5O. The van der Waals surface area contributed by atoms with Crippen molar-refractivity contribution >= 4 is 11.6 Å². The number of nitrogens with one attached hydrogen (secondary N) is 1. The van der Waals surface area contributed by atoms with E-state index in [0.717, 1.165) is 24.3 Å². The van der Waals surface area contributed by atoms with Crippen LogP contribution in [0.4, 0.5) is 11.6 Å². The second-order valence-corrected chi connectivity index (χ2v) is 4.48. The molecule has 0 aromatic carbocycles. The second kappa shape index (κ2) is 3.88. The number of rotatable bonds is 2. The Balaban J connectivity index is 2.28. The average molecular weight is 223 g/mol. The zero-order chi connectivity index (χ0) is 11.8. The molecule has 0 bridgehead atoms. The first kappa shape index (κ1) is 11.1. The number of hydrogen-bond acceptors (Lipinski definition) is 6. The largest absolute Gasteiger partial charge is 0.388 e. The number of β-amino-alcohol motifs (C(OH)–C–C–N with tert-alkyl or cyclic N) is 1. The Hall–Kier alpha value is -1.40. The Morgan fingerprint density at radius 3 is 2.88 bits per heavy atom. The van der Waals surface area contributed by atoms with E-state index in [2.05, 4.69) is 20.3 Å². The van der Waals surface area contributed by atoms with Crippen molar-refractivity contribution in [3.8, 4) is 0 Å². The Bertz CT molecular complexity index is 393. The van der Waals surface area contributed by atoms with Gasteiger partial charge in [0.05, 0.1) is 5.60 Å². The van der Waals surface area contributed by atoms with E-state index in [-0.39, 0.29) is 0 Å². The van der Waals surface area contributed by atoms with Crippen LogP contribution in [0, 0.1) is 6.92 Å². The highest BCUT2D eigenvalue weighted by Crippen LogP contribution is 2.28. The van der Waals surface area contributed by atoms with Crippen molar-refractivity contribution in [3.63, 3.8) is 0 Å². The summed E-state index contributed by atoms with van der Waals surface area (Å²) in [5.41, 5.74) is 2.81. The van der Waals surface area contributed by atoms with Gasteiger partial charge in [-0.05, 0) is 20.3 Å². The second-order valence-electron chi connectivity index (χ2n) is 4.48. The van der Waals surface area contributed by atoms with Crippen LogP contribution in [-0.2, 0) is 0 Å². The van der Waals surface area contributed by atoms with Crippen LogP contribution >= 0.6 is 0 Å². The van der Waals surface area contributed by atoms with Crippen LogP contribution in [0.15, 0.2) is 6.33 Å². The number of hydrazine groups is 1. The summed E-state index contributed by atoms with van der Waals surface area (Å²) < 4.78 is 0. The highest BCUT2D eigenvalue weighted by atomic mass is 16.3. The van der Waals surface area contributed by atoms with Gasteiger partial charge in [-0.2, -0.15) is 0 Å². The molecule has 6 nitrogen and oxygen atoms in total. The first-order valence-electron chi connectivity index (χ1n) is 5.29. The summed E-state index contributed by atoms with van der Waals surface area (Å²) in [6.45, 7) is 5.15. The Morgan fingerprint density at radius 1 is 1.56 bits per heavy atom. The summed E-state index contributed by atoms with van der Waals surface area (Å²) in [6.07, 6.45) is 2.23. The van der Waals surface area contributed by atoms with Crippen molar-refractivity contribution in [2.45, 2.75) is 25.9 Å². The minimum Gasteiger partial charge on any atom is -0.388 e. The van der Waals surface area contributed by atoms with Gasteiger partial charge in [-0.1, -0.05) is 0 Å². The van der Waals surface area contributed by atoms with Gasteiger partial charge in [0.15, 0.2) is 0 Å². The van der Waals surface area contributed by atoms with Gasteiger partial charge in [0, 0.05) is 18.7 Å². The lowest BCUT2D eigenvalue weighted by Gasteiger charge is -2.21. The van der Waals surface area contributed by atoms with Gasteiger partial charge in [0.25, 0.3) is 0 Å². The highest BCUT2D eigenvalue weighted by molar-refractivity contribution is 5.58. The molecule has 2 heterocycles. The first-order valence-corrected chi connectivity index (χ1v) is 5.29. The van der Waals surface area contributed by atoms with Crippen LogP contribution in [-0.4, -0.2) is 33.8 Å². The number of hydrogen-bond donors (Lipinski definition) is 3. The summed E-state index contributed by atoms with van der Waals surface area (Å²) in [7, 11) is 0. The number of nitrogens with two attached hydrogens (primary N) is 1. The summed E-state index contributed by atoms with van der Waals surface area (Å²) in [4.78, 5) is 10.3. The summed E-state index contributed by atoms with van der Waals surface area (Å²) in [5, 5.41) is 9.92. The van der Waals surface area contributed by atoms with Crippen molar-refractivity contribution in [1.82, 2.24) is 9.97 Å². The van der Waals surface area contributed by atoms with Gasteiger partial charge in [0.2, 0.25) is 0 Å². The number of aromatic nitrogens is 2. The minimum absolute atomic E-state index is 0.592. The molecule has 6 heteroatoms. The maximum absolute atomic E-state index is 9.92. The fraction of sp³-hybridized carbons (Fsp3) is 0.600. The monoisotopic (exact) mass is 223 g/mol. The molecule has 1 unspecified atom stereocenters. The maximum atomic E-state index is 9.92. The summed E-state index contributed by atoms with van der Waals surface area (Å²) in [6, 6.07) is 0. The van der Waals surface area contributed by atoms with E-state index in [9.17, 15) is 5.11 Å². The molecule has 1 aliphatic heterocycles. The third-order valence-electron chi connectivity index (χ3n) is 2.95. The van der Waals surface area contributed by atoms with E-state index in [1.54, 1.807) is 0 Å². The molecule has 4 N–H and O–H groups in total. The van der Waals surface area contributed by atoms with Gasteiger partial charge >= 0.3 is 0 Å². The molecule has 1 atom stereocenters. The molecule has 0 amide bonds. The number of anilines is 2. The van der Waals surface area contributed by atoms with E-state index in [1.807, 2.05) is 13.8 Å². The number of nitrogen functional groups attached to an aromatic ring is 1. The van der Waals surface area contributed by atoms with Gasteiger partial charge in [-0.3, -0.25) is 0 Å². The van der Waals surface area contributed by atoms with Crippen LogP contribution in [0.3, 0.4) is 0 Å². The minimum atomic E-state index is -0.631. The molecule has 1 aromatic heterocycles. The predicted octanol–water partition coefficient (Wildman–Crippen LogP) is 0.0317. The van der Waals surface area contributed by atoms with Crippen LogP contribution < -0.4 is 16.2 Å². The van der Waals surface area contributed by atoms with Gasteiger partial charge in [-0.15, -0.1) is 0 Å². The standard InChI is InChI=1S/C10H17N5O/c1-7-8(14-11)12-6-13-9(7)15-4-3-10(2,16)5-15/h6,16H,3-5,11H2,1-2H3,(H,12,13,14). The Labute approximate surface area is 94.5 Å². The van der Waals surface area contributed by atoms with Crippen LogP contribution in [0.2, 0.25) is 0 Å². The van der Waals surface area contributed by atoms with E-state index in [0.29, 0.717) is 12.4 Å². The highest BCUT2D eigenvalue weighted by Gasteiger charge is 2.32. The van der Waals surface area contributed by atoms with Crippen LogP contribution in [0.25, 0.3) is 0 Å². The third-order valence-corrected chi connectivity index (χ3v) is 2.95. The first-order chi connectivity index (χ1) is 7.53. The van der Waals surface area contributed by atoms with E-state index in [1.165, 1.54) is 6.33 Å². The third kappa shape index (κ3) is 1.94. The predicted molar refractivity (Wildman–Crippen MR) is 62.0 cm³/mol. The van der Waals surface area contributed by atoms with Crippen molar-refractivity contribution in [2.75, 3.05) is 23.4 Å². The van der Waals surface area contributed by atoms with Crippen LogP contribution in [0.5, 0.6) is 0 Å². The van der Waals surface area contributed by atoms with Crippen molar-refractivity contribution in [1.29, 1.82) is 0 Å². The molecule has 1 aliphatic rings. The quantitative estimate of drug-likeness (QED) is 0.484. The van der Waals surface area contributed by atoms with Gasteiger partial charge in [-0.25, -0.2) is 15.8 Å². The fourth-order valence-electron chi connectivity index (χ4n) is 2.03. The Kier molecular flexibility index (Phi) is 2.69. The zero-order valence-electron chi connectivity index (χ0n) is 9.56. The maximum Gasteiger partial charge on any atom is 0.148 e. The Morgan fingerprint density at radius 2 is 2.31 bits per heavy atom. The lowest BCUT2D eigenvalue weighted by molar-refractivity contribution is 0.0839. The van der Waals surface area contributed by atoms with Crippen molar-refractivity contribution in [3.05, 3.63) is 11.9 Å². The van der Waals surface area contributed by atoms with Gasteiger partial charge in [0.1, 0.15) is 18.0 Å². The topological polar surface area (TPSA) is 87.3 Å². The molecule has 0 aliphatic carbocycles. The summed E-state index contributed by atoms with van der Waals surface area (Å²) >= 11 is 0. The average Bonchev–Trinajstić information content (AvgIpc) is 2.59. The number of nitrogens with zero attached hydrogens (tertiary/aromatic N) is 3. The van der Waals surface area contributed by atoms with E-state index >= 15 is 0 Å². The van der Waals surface area contributed by atoms with Crippen molar-refractivity contribution in [2.24, 2.45) is 5.84 Å². The molecule has 2 rings (SSSR count). The van der Waals surface area contributed by atoms with Crippen LogP contribution in [0.1, 0.15) is 18.9 Å². The molecule has 1 aromatic rings. The molecule has 0 radical (unpaired) electrons. The normalized spacial score (nSPS) is 24.9. The molecule has 16 heavy (non-hydrogen) atoms. The lowest BCUT2D eigenvalue weighted by atomic mass is 10.1. The molecule has 1 fully saturated rings. The number of aliphatic hydroxyl groups is 1. The lowest BCUT2D eigenvalue weighted by Crippen LogP contribution is -2.30. The van der Waals surface area contributed by atoms with E-state index < -0.39 is 5.60 Å². The fourth-order valence-corrected chi connectivity index (χ4v) is 2.03. The molecule has 0 spiro atoms. The molecule has 88 valence electrons. The van der Waals surface area contributed by atoms with E-state index in [4.69, 9.17) is 5.84 Å². The summed E-state index contributed by atoms with van der Waals surface area (Å²) in [5.74, 6) is 6.82.